The zero-order valence-electron chi connectivity index (χ0n) is 16.3. The van der Waals surface area contributed by atoms with E-state index in [1.165, 1.54) is 31.9 Å². The Labute approximate surface area is 165 Å². The van der Waals surface area contributed by atoms with Gasteiger partial charge in [0.2, 0.25) is 10.0 Å². The summed E-state index contributed by atoms with van der Waals surface area (Å²) in [6, 6.07) is 2.35. The third-order valence-corrected chi connectivity index (χ3v) is 7.81. The number of aromatic nitrogens is 4. The molecule has 8 heteroatoms. The maximum Gasteiger partial charge on any atom is 0.211 e. The Kier molecular flexibility index (Phi) is 4.43. The highest BCUT2D eigenvalue weighted by atomic mass is 32.2. The Hall–Kier alpha value is -1.93. The smallest absolute Gasteiger partial charge is 0.211 e. The lowest BCUT2D eigenvalue weighted by Crippen LogP contribution is -2.38. The van der Waals surface area contributed by atoms with Gasteiger partial charge in [-0.15, -0.1) is 0 Å². The van der Waals surface area contributed by atoms with Gasteiger partial charge in [-0.1, -0.05) is 25.7 Å². The van der Waals surface area contributed by atoms with Gasteiger partial charge in [-0.25, -0.2) is 22.7 Å². The molecule has 0 spiro atoms. The van der Waals surface area contributed by atoms with Crippen LogP contribution in [0.3, 0.4) is 0 Å². The molecule has 0 amide bonds. The zero-order chi connectivity index (χ0) is 19.3. The summed E-state index contributed by atoms with van der Waals surface area (Å²) < 4.78 is 27.9. The molecule has 5 rings (SSSR count). The Bertz CT molecular complexity index is 1100. The second-order valence-corrected chi connectivity index (χ2v) is 10.4. The SMILES string of the molecule is CS(=O)(=O)N1CCC(n2c(CC3CCCC3)nc3cnc4[nH]ccc4c32)CC1. The van der Waals surface area contributed by atoms with Crippen LogP contribution in [-0.2, 0) is 16.4 Å². The normalized spacial score (nSPS) is 20.6. The number of nitrogens with zero attached hydrogens (tertiary/aromatic N) is 4. The molecule has 3 aromatic heterocycles. The first kappa shape index (κ1) is 18.1. The molecule has 1 saturated carbocycles. The van der Waals surface area contributed by atoms with Gasteiger partial charge in [-0.2, -0.15) is 0 Å². The summed E-state index contributed by atoms with van der Waals surface area (Å²) in [7, 11) is -3.12. The number of aromatic amines is 1. The van der Waals surface area contributed by atoms with Gasteiger partial charge in [0.25, 0.3) is 0 Å². The summed E-state index contributed by atoms with van der Waals surface area (Å²) >= 11 is 0. The molecule has 150 valence electrons. The number of pyridine rings is 1. The van der Waals surface area contributed by atoms with Gasteiger partial charge in [0.05, 0.1) is 18.0 Å². The number of fused-ring (bicyclic) bond motifs is 3. The lowest BCUT2D eigenvalue weighted by molar-refractivity contribution is 0.273. The minimum absolute atomic E-state index is 0.278. The molecule has 1 aliphatic heterocycles. The van der Waals surface area contributed by atoms with E-state index in [-0.39, 0.29) is 6.04 Å². The summed E-state index contributed by atoms with van der Waals surface area (Å²) in [5.41, 5.74) is 2.98. The highest BCUT2D eigenvalue weighted by Crippen LogP contribution is 2.35. The van der Waals surface area contributed by atoms with E-state index in [0.29, 0.717) is 19.0 Å². The molecule has 0 unspecified atom stereocenters. The third-order valence-electron chi connectivity index (χ3n) is 6.51. The highest BCUT2D eigenvalue weighted by molar-refractivity contribution is 7.88. The van der Waals surface area contributed by atoms with Crippen LogP contribution >= 0.6 is 0 Å². The summed E-state index contributed by atoms with van der Waals surface area (Å²) in [4.78, 5) is 12.7. The standard InChI is InChI=1S/C20H27N5O2S/c1-28(26,27)24-10-7-15(8-11-24)25-18(12-14-4-2-3-5-14)23-17-13-22-20-16(19(17)25)6-9-21-20/h6,9,13-15H,2-5,7-8,10-12H2,1H3,(H,21,22). The van der Waals surface area contributed by atoms with Crippen molar-refractivity contribution < 1.29 is 8.42 Å². The molecule has 0 atom stereocenters. The third kappa shape index (κ3) is 3.12. The number of imidazole rings is 1. The Morgan fingerprint density at radius 2 is 1.93 bits per heavy atom. The summed E-state index contributed by atoms with van der Waals surface area (Å²) in [5, 5.41) is 1.10. The van der Waals surface area contributed by atoms with Crippen molar-refractivity contribution in [1.82, 2.24) is 23.8 Å². The maximum atomic E-state index is 11.9. The van der Waals surface area contributed by atoms with E-state index in [2.05, 4.69) is 20.6 Å². The van der Waals surface area contributed by atoms with E-state index >= 15 is 0 Å². The first-order chi connectivity index (χ1) is 13.5. The van der Waals surface area contributed by atoms with Crippen molar-refractivity contribution in [3.05, 3.63) is 24.3 Å². The largest absolute Gasteiger partial charge is 0.346 e. The Morgan fingerprint density at radius 1 is 1.18 bits per heavy atom. The number of sulfonamides is 1. The van der Waals surface area contributed by atoms with E-state index in [1.54, 1.807) is 4.31 Å². The average Bonchev–Trinajstić information content (AvgIpc) is 3.40. The van der Waals surface area contributed by atoms with E-state index in [0.717, 1.165) is 47.2 Å². The van der Waals surface area contributed by atoms with Crippen LogP contribution in [0.4, 0.5) is 0 Å². The van der Waals surface area contributed by atoms with E-state index in [9.17, 15) is 8.42 Å². The van der Waals surface area contributed by atoms with Gasteiger partial charge in [-0.3, -0.25) is 0 Å². The minimum Gasteiger partial charge on any atom is -0.346 e. The lowest BCUT2D eigenvalue weighted by Gasteiger charge is -2.32. The second kappa shape index (κ2) is 6.84. The molecule has 7 nitrogen and oxygen atoms in total. The van der Waals surface area contributed by atoms with E-state index < -0.39 is 10.0 Å². The molecule has 0 aromatic carbocycles. The molecule has 2 fully saturated rings. The van der Waals surface area contributed by atoms with Crippen LogP contribution in [-0.4, -0.2) is 51.6 Å². The molecular formula is C20H27N5O2S. The summed E-state index contributed by atoms with van der Waals surface area (Å²) in [5.74, 6) is 1.86. The molecule has 1 N–H and O–H groups in total. The number of rotatable bonds is 4. The maximum absolute atomic E-state index is 11.9. The van der Waals surface area contributed by atoms with Gasteiger partial charge in [0, 0.05) is 37.1 Å². The van der Waals surface area contributed by atoms with Crippen LogP contribution in [0.5, 0.6) is 0 Å². The predicted octanol–water partition coefficient (Wildman–Crippen LogP) is 3.24. The van der Waals surface area contributed by atoms with Crippen LogP contribution in [0.15, 0.2) is 18.5 Å². The van der Waals surface area contributed by atoms with Gasteiger partial charge in [-0.05, 0) is 24.8 Å². The van der Waals surface area contributed by atoms with E-state index in [4.69, 9.17) is 4.98 Å². The monoisotopic (exact) mass is 401 g/mol. The van der Waals surface area contributed by atoms with Crippen molar-refractivity contribution in [1.29, 1.82) is 0 Å². The molecule has 2 aliphatic rings. The van der Waals surface area contributed by atoms with E-state index in [1.807, 2.05) is 12.4 Å². The Balaban J connectivity index is 1.57. The van der Waals surface area contributed by atoms with Crippen molar-refractivity contribution in [2.45, 2.75) is 51.0 Å². The lowest BCUT2D eigenvalue weighted by atomic mass is 10.0. The molecule has 3 aromatic rings. The quantitative estimate of drug-likeness (QED) is 0.727. The fraction of sp³-hybridized carbons (Fsp3) is 0.600. The molecule has 0 bridgehead atoms. The van der Waals surface area contributed by atoms with Crippen molar-refractivity contribution in [3.63, 3.8) is 0 Å². The van der Waals surface area contributed by atoms with Crippen molar-refractivity contribution in [2.75, 3.05) is 19.3 Å². The second-order valence-electron chi connectivity index (χ2n) is 8.38. The predicted molar refractivity (Wildman–Crippen MR) is 110 cm³/mol. The first-order valence-corrected chi connectivity index (χ1v) is 12.1. The highest BCUT2D eigenvalue weighted by Gasteiger charge is 2.30. The molecular weight excluding hydrogens is 374 g/mol. The number of piperidine rings is 1. The first-order valence-electron chi connectivity index (χ1n) is 10.3. The van der Waals surface area contributed by atoms with Gasteiger partial charge < -0.3 is 9.55 Å². The number of hydrogen-bond donors (Lipinski definition) is 1. The summed E-state index contributed by atoms with van der Waals surface area (Å²) in [6.45, 7) is 1.15. The van der Waals surface area contributed by atoms with Crippen LogP contribution in [0.2, 0.25) is 0 Å². The van der Waals surface area contributed by atoms with Gasteiger partial charge >= 0.3 is 0 Å². The number of H-pyrrole nitrogens is 1. The fourth-order valence-electron chi connectivity index (χ4n) is 5.08. The van der Waals surface area contributed by atoms with Crippen LogP contribution in [0.1, 0.15) is 50.4 Å². The number of nitrogens with one attached hydrogen (secondary N) is 1. The minimum atomic E-state index is -3.12. The van der Waals surface area contributed by atoms with Gasteiger partial charge in [0.15, 0.2) is 0 Å². The van der Waals surface area contributed by atoms with Crippen LogP contribution in [0.25, 0.3) is 22.1 Å². The molecule has 1 aliphatic carbocycles. The summed E-state index contributed by atoms with van der Waals surface area (Å²) in [6.07, 6.45) is 13.0. The molecule has 4 heterocycles. The van der Waals surface area contributed by atoms with Crippen LogP contribution in [0, 0.1) is 5.92 Å². The van der Waals surface area contributed by atoms with Gasteiger partial charge in [0.1, 0.15) is 17.0 Å². The molecule has 1 saturated heterocycles. The topological polar surface area (TPSA) is 83.9 Å². The average molecular weight is 402 g/mol. The van der Waals surface area contributed by atoms with Crippen LogP contribution < -0.4 is 0 Å². The Morgan fingerprint density at radius 3 is 2.64 bits per heavy atom. The number of hydrogen-bond acceptors (Lipinski definition) is 4. The van der Waals surface area contributed by atoms with Crippen molar-refractivity contribution in [3.8, 4) is 0 Å². The molecule has 0 radical (unpaired) electrons. The molecule has 28 heavy (non-hydrogen) atoms. The fourth-order valence-corrected chi connectivity index (χ4v) is 5.96. The van der Waals surface area contributed by atoms with Crippen molar-refractivity contribution >= 4 is 32.1 Å². The zero-order valence-corrected chi connectivity index (χ0v) is 17.1. The van der Waals surface area contributed by atoms with Crippen molar-refractivity contribution in [2.24, 2.45) is 5.92 Å².